The molecule has 0 aliphatic rings. The van der Waals surface area contributed by atoms with Crippen LogP contribution in [0.2, 0.25) is 0 Å². The Balaban J connectivity index is 2.96. The maximum Gasteiger partial charge on any atom is 0.152 e. The fourth-order valence-electron chi connectivity index (χ4n) is 0.271. The lowest BCUT2D eigenvalue weighted by Gasteiger charge is -1.63. The van der Waals surface area contributed by atoms with Crippen LogP contribution in [0.5, 0.6) is 0 Å². The second-order valence-corrected chi connectivity index (χ2v) is 1.73. The molecular formula is C4H3NOS. The van der Waals surface area contributed by atoms with E-state index in [0.717, 1.165) is 6.29 Å². The molecule has 0 spiro atoms. The number of hydrogen-bond donors (Lipinski definition) is 0. The number of aromatic nitrogens is 1. The third kappa shape index (κ3) is 0.838. The molecule has 3 heteroatoms. The first kappa shape index (κ1) is 4.46. The first-order chi connectivity index (χ1) is 3.43. The summed E-state index contributed by atoms with van der Waals surface area (Å²) in [6.45, 7) is 0. The Morgan fingerprint density at radius 3 is 3.00 bits per heavy atom. The van der Waals surface area contributed by atoms with Crippen LogP contribution in [0.4, 0.5) is 0 Å². The van der Waals surface area contributed by atoms with Gasteiger partial charge in [0.05, 0.1) is 6.20 Å². The molecule has 36 valence electrons. The second kappa shape index (κ2) is 1.84. The molecule has 2 nitrogen and oxygen atoms in total. The third-order valence-electron chi connectivity index (χ3n) is 0.588. The highest BCUT2D eigenvalue weighted by Crippen LogP contribution is 1.95. The zero-order valence-corrected chi connectivity index (χ0v) is 4.31. The highest BCUT2D eigenvalue weighted by atomic mass is 32.1. The minimum Gasteiger partial charge on any atom is -0.298 e. The summed E-state index contributed by atoms with van der Waals surface area (Å²) in [6.07, 6.45) is 2.32. The van der Waals surface area contributed by atoms with E-state index in [2.05, 4.69) is 4.37 Å². The molecule has 0 bridgehead atoms. The van der Waals surface area contributed by atoms with Gasteiger partial charge in [-0.25, -0.2) is 4.37 Å². The Morgan fingerprint density at radius 2 is 2.71 bits per heavy atom. The highest BCUT2D eigenvalue weighted by Gasteiger charge is 1.84. The molecular weight excluding hydrogens is 110 g/mol. The molecule has 0 radical (unpaired) electrons. The van der Waals surface area contributed by atoms with Crippen LogP contribution in [-0.4, -0.2) is 10.7 Å². The van der Waals surface area contributed by atoms with Gasteiger partial charge >= 0.3 is 0 Å². The van der Waals surface area contributed by atoms with Crippen LogP contribution in [0.15, 0.2) is 11.6 Å². The van der Waals surface area contributed by atoms with Crippen molar-refractivity contribution in [3.05, 3.63) is 17.1 Å². The van der Waals surface area contributed by atoms with Gasteiger partial charge in [0.2, 0.25) is 0 Å². The van der Waals surface area contributed by atoms with Gasteiger partial charge in [-0.1, -0.05) is 0 Å². The quantitative estimate of drug-likeness (QED) is 0.507. The van der Waals surface area contributed by atoms with Crippen LogP contribution < -0.4 is 0 Å². The fourth-order valence-corrected chi connectivity index (χ4v) is 0.753. The number of hydrogen-bond acceptors (Lipinski definition) is 3. The smallest absolute Gasteiger partial charge is 0.152 e. The van der Waals surface area contributed by atoms with Gasteiger partial charge in [0.1, 0.15) is 0 Å². The SMILES string of the molecule is O=Cc1cnsc1. The summed E-state index contributed by atoms with van der Waals surface area (Å²) in [6, 6.07) is 0. The predicted molar refractivity (Wildman–Crippen MR) is 27.5 cm³/mol. The normalized spacial score (nSPS) is 8.57. The molecule has 0 saturated carbocycles. The maximum atomic E-state index is 9.83. The van der Waals surface area contributed by atoms with Gasteiger partial charge in [-0.3, -0.25) is 4.79 Å². The second-order valence-electron chi connectivity index (χ2n) is 1.08. The van der Waals surface area contributed by atoms with Crippen molar-refractivity contribution in [2.24, 2.45) is 0 Å². The van der Waals surface area contributed by atoms with E-state index >= 15 is 0 Å². The van der Waals surface area contributed by atoms with Crippen molar-refractivity contribution in [2.75, 3.05) is 0 Å². The van der Waals surface area contributed by atoms with E-state index in [1.54, 1.807) is 5.38 Å². The molecule has 0 amide bonds. The van der Waals surface area contributed by atoms with E-state index in [9.17, 15) is 4.79 Å². The van der Waals surface area contributed by atoms with Gasteiger partial charge in [0.25, 0.3) is 0 Å². The van der Waals surface area contributed by atoms with E-state index in [1.165, 1.54) is 17.7 Å². The van der Waals surface area contributed by atoms with Crippen LogP contribution >= 0.6 is 11.5 Å². The van der Waals surface area contributed by atoms with E-state index in [1.807, 2.05) is 0 Å². The summed E-state index contributed by atoms with van der Waals surface area (Å²) >= 11 is 1.28. The number of nitrogens with zero attached hydrogens (tertiary/aromatic N) is 1. The van der Waals surface area contributed by atoms with Crippen molar-refractivity contribution in [2.45, 2.75) is 0 Å². The summed E-state index contributed by atoms with van der Waals surface area (Å²) in [5.41, 5.74) is 0.657. The standard InChI is InChI=1S/C4H3NOS/c6-2-4-1-5-7-3-4/h1-3H. The van der Waals surface area contributed by atoms with Crippen molar-refractivity contribution >= 4 is 17.8 Å². The van der Waals surface area contributed by atoms with Crippen LogP contribution in [0, 0.1) is 0 Å². The molecule has 0 aliphatic carbocycles. The molecule has 1 heterocycles. The Hall–Kier alpha value is -0.700. The van der Waals surface area contributed by atoms with Crippen LogP contribution in [0.1, 0.15) is 10.4 Å². The predicted octanol–water partition coefficient (Wildman–Crippen LogP) is 0.956. The van der Waals surface area contributed by atoms with E-state index < -0.39 is 0 Å². The Kier molecular flexibility index (Phi) is 1.17. The number of carbonyl (C=O) groups is 1. The lowest BCUT2D eigenvalue weighted by molar-refractivity contribution is 0.112. The van der Waals surface area contributed by atoms with Crippen molar-refractivity contribution in [1.82, 2.24) is 4.37 Å². The van der Waals surface area contributed by atoms with Crippen molar-refractivity contribution < 1.29 is 4.79 Å². The van der Waals surface area contributed by atoms with Gasteiger partial charge in [0, 0.05) is 10.9 Å². The Morgan fingerprint density at radius 1 is 1.86 bits per heavy atom. The number of carbonyl (C=O) groups excluding carboxylic acids is 1. The third-order valence-corrected chi connectivity index (χ3v) is 1.19. The van der Waals surface area contributed by atoms with Gasteiger partial charge < -0.3 is 0 Å². The molecule has 1 aromatic heterocycles. The summed E-state index contributed by atoms with van der Waals surface area (Å²) in [5.74, 6) is 0. The fraction of sp³-hybridized carbons (Fsp3) is 0. The molecule has 0 N–H and O–H groups in total. The highest BCUT2D eigenvalue weighted by molar-refractivity contribution is 7.03. The van der Waals surface area contributed by atoms with Gasteiger partial charge in [0.15, 0.2) is 6.29 Å². The number of rotatable bonds is 1. The monoisotopic (exact) mass is 113 g/mol. The summed E-state index contributed by atoms with van der Waals surface area (Å²) in [5, 5.41) is 1.70. The van der Waals surface area contributed by atoms with Crippen molar-refractivity contribution in [1.29, 1.82) is 0 Å². The average Bonchev–Trinajstić information content (AvgIpc) is 2.14. The first-order valence-corrected chi connectivity index (χ1v) is 2.61. The molecule has 1 aromatic rings. The molecule has 0 unspecified atom stereocenters. The Bertz CT molecular complexity index is 147. The molecule has 7 heavy (non-hydrogen) atoms. The Labute approximate surface area is 45.0 Å². The summed E-state index contributed by atoms with van der Waals surface area (Å²) in [7, 11) is 0. The topological polar surface area (TPSA) is 30.0 Å². The van der Waals surface area contributed by atoms with E-state index in [0.29, 0.717) is 5.56 Å². The molecule has 0 saturated heterocycles. The molecule has 0 fully saturated rings. The first-order valence-electron chi connectivity index (χ1n) is 1.78. The maximum absolute atomic E-state index is 9.83. The molecule has 1 rings (SSSR count). The molecule has 0 aliphatic heterocycles. The van der Waals surface area contributed by atoms with E-state index in [-0.39, 0.29) is 0 Å². The minimum atomic E-state index is 0.657. The number of aldehydes is 1. The van der Waals surface area contributed by atoms with Gasteiger partial charge in [-0.2, -0.15) is 0 Å². The van der Waals surface area contributed by atoms with Crippen LogP contribution in [0.3, 0.4) is 0 Å². The zero-order chi connectivity index (χ0) is 5.11. The lowest BCUT2D eigenvalue weighted by Crippen LogP contribution is -1.65. The van der Waals surface area contributed by atoms with Crippen molar-refractivity contribution in [3.8, 4) is 0 Å². The van der Waals surface area contributed by atoms with Crippen molar-refractivity contribution in [3.63, 3.8) is 0 Å². The molecule has 0 aromatic carbocycles. The van der Waals surface area contributed by atoms with Crippen LogP contribution in [-0.2, 0) is 0 Å². The minimum absolute atomic E-state index is 0.657. The molecule has 0 atom stereocenters. The lowest BCUT2D eigenvalue weighted by atomic mass is 10.4. The zero-order valence-electron chi connectivity index (χ0n) is 3.50. The van der Waals surface area contributed by atoms with Crippen LogP contribution in [0.25, 0.3) is 0 Å². The summed E-state index contributed by atoms with van der Waals surface area (Å²) in [4.78, 5) is 9.83. The summed E-state index contributed by atoms with van der Waals surface area (Å²) < 4.78 is 3.70. The average molecular weight is 113 g/mol. The van der Waals surface area contributed by atoms with Gasteiger partial charge in [-0.05, 0) is 11.5 Å². The van der Waals surface area contributed by atoms with E-state index in [4.69, 9.17) is 0 Å². The largest absolute Gasteiger partial charge is 0.298 e. The van der Waals surface area contributed by atoms with Gasteiger partial charge in [-0.15, -0.1) is 0 Å².